The maximum Gasteiger partial charge on any atom is 0.224 e. The highest BCUT2D eigenvalue weighted by Crippen LogP contribution is 2.17. The van der Waals surface area contributed by atoms with E-state index in [9.17, 15) is 0 Å². The Hall–Kier alpha value is -1.85. The summed E-state index contributed by atoms with van der Waals surface area (Å²) < 4.78 is 1.99. The molecule has 0 aliphatic heterocycles. The largest absolute Gasteiger partial charge is 0.382 e. The van der Waals surface area contributed by atoms with Crippen LogP contribution in [0.3, 0.4) is 0 Å². The lowest BCUT2D eigenvalue weighted by Crippen LogP contribution is -2.03. The number of fused-ring (bicyclic) bond motifs is 1. The number of nitrogens with two attached hydrogens (primary N) is 2. The molecule has 0 aromatic carbocycles. The lowest BCUT2D eigenvalue weighted by molar-refractivity contribution is 0.589. The van der Waals surface area contributed by atoms with Gasteiger partial charge >= 0.3 is 0 Å². The van der Waals surface area contributed by atoms with E-state index in [1.54, 1.807) is 6.33 Å². The highest BCUT2D eigenvalue weighted by atomic mass is 15.2. The van der Waals surface area contributed by atoms with Gasteiger partial charge < -0.3 is 16.0 Å². The van der Waals surface area contributed by atoms with Crippen LogP contribution in [0.25, 0.3) is 11.2 Å². The highest BCUT2D eigenvalue weighted by molar-refractivity contribution is 5.82. The number of imidazole rings is 1. The first-order valence-electron chi connectivity index (χ1n) is 5.96. The Balaban J connectivity index is 2.18. The van der Waals surface area contributed by atoms with E-state index in [-0.39, 0.29) is 5.95 Å². The van der Waals surface area contributed by atoms with E-state index in [0.29, 0.717) is 11.3 Å². The summed E-state index contributed by atoms with van der Waals surface area (Å²) in [7, 11) is 0. The third-order valence-electron chi connectivity index (χ3n) is 2.76. The van der Waals surface area contributed by atoms with Crippen molar-refractivity contribution in [2.45, 2.75) is 39.2 Å². The second-order valence-electron chi connectivity index (χ2n) is 4.14. The zero-order chi connectivity index (χ0) is 12.3. The van der Waals surface area contributed by atoms with Gasteiger partial charge in [0.25, 0.3) is 0 Å². The van der Waals surface area contributed by atoms with Gasteiger partial charge in [0.1, 0.15) is 5.52 Å². The molecule has 0 amide bonds. The van der Waals surface area contributed by atoms with E-state index in [4.69, 9.17) is 11.5 Å². The number of unbranched alkanes of at least 4 members (excludes halogenated alkanes) is 3. The molecule has 6 nitrogen and oxygen atoms in total. The average Bonchev–Trinajstić information content (AvgIpc) is 2.68. The minimum atomic E-state index is 0.199. The quantitative estimate of drug-likeness (QED) is 0.765. The monoisotopic (exact) mass is 234 g/mol. The van der Waals surface area contributed by atoms with E-state index in [1.807, 2.05) is 4.57 Å². The topological polar surface area (TPSA) is 95.6 Å². The van der Waals surface area contributed by atoms with E-state index < -0.39 is 0 Å². The first-order chi connectivity index (χ1) is 8.22. The first kappa shape index (κ1) is 11.6. The molecule has 0 atom stereocenters. The van der Waals surface area contributed by atoms with Crippen molar-refractivity contribution < 1.29 is 0 Å². The zero-order valence-electron chi connectivity index (χ0n) is 10.1. The van der Waals surface area contributed by atoms with Crippen molar-refractivity contribution in [3.8, 4) is 0 Å². The van der Waals surface area contributed by atoms with Crippen LogP contribution in [0.5, 0.6) is 0 Å². The molecule has 17 heavy (non-hydrogen) atoms. The van der Waals surface area contributed by atoms with Gasteiger partial charge in [-0.3, -0.25) is 0 Å². The number of aryl methyl sites for hydroxylation is 1. The maximum absolute atomic E-state index is 5.74. The van der Waals surface area contributed by atoms with E-state index >= 15 is 0 Å². The molecule has 0 radical (unpaired) electrons. The first-order valence-corrected chi connectivity index (χ1v) is 5.96. The predicted octanol–water partition coefficient (Wildman–Crippen LogP) is 1.57. The molecule has 2 aromatic rings. The van der Waals surface area contributed by atoms with Gasteiger partial charge in [0.05, 0.1) is 6.33 Å². The van der Waals surface area contributed by atoms with Gasteiger partial charge in [-0.15, -0.1) is 0 Å². The molecule has 4 N–H and O–H groups in total. The second-order valence-corrected chi connectivity index (χ2v) is 4.14. The van der Waals surface area contributed by atoms with E-state index in [1.165, 1.54) is 19.3 Å². The summed E-state index contributed by atoms with van der Waals surface area (Å²) in [4.78, 5) is 12.3. The van der Waals surface area contributed by atoms with Crippen molar-refractivity contribution in [2.75, 3.05) is 11.5 Å². The Morgan fingerprint density at radius 1 is 1.18 bits per heavy atom. The standard InChI is InChI=1S/C11H18N6/c1-2-3-4-5-6-17-7-14-8-9(12)15-11(13)16-10(8)17/h7H,2-6H2,1H3,(H4,12,13,15,16). The van der Waals surface area contributed by atoms with Crippen LogP contribution >= 0.6 is 0 Å². The minimum absolute atomic E-state index is 0.199. The van der Waals surface area contributed by atoms with Crippen LogP contribution in [0.4, 0.5) is 11.8 Å². The van der Waals surface area contributed by atoms with E-state index in [0.717, 1.165) is 18.6 Å². The van der Waals surface area contributed by atoms with Crippen molar-refractivity contribution in [3.63, 3.8) is 0 Å². The molecule has 0 fully saturated rings. The van der Waals surface area contributed by atoms with Gasteiger partial charge in [-0.1, -0.05) is 26.2 Å². The third kappa shape index (κ3) is 2.46. The SMILES string of the molecule is CCCCCCn1cnc2c(N)nc(N)nc21. The molecule has 0 aliphatic carbocycles. The number of hydrogen-bond donors (Lipinski definition) is 2. The Kier molecular flexibility index (Phi) is 3.41. The van der Waals surface area contributed by atoms with E-state index in [2.05, 4.69) is 21.9 Å². The summed E-state index contributed by atoms with van der Waals surface area (Å²) >= 11 is 0. The van der Waals surface area contributed by atoms with Crippen LogP contribution in [-0.4, -0.2) is 19.5 Å². The number of nitrogens with zero attached hydrogens (tertiary/aromatic N) is 4. The lowest BCUT2D eigenvalue weighted by atomic mass is 10.2. The molecule has 6 heteroatoms. The second kappa shape index (κ2) is 4.99. The average molecular weight is 234 g/mol. The van der Waals surface area contributed by atoms with Crippen LogP contribution in [0.2, 0.25) is 0 Å². The molecule has 92 valence electrons. The molecule has 0 spiro atoms. The fourth-order valence-corrected chi connectivity index (χ4v) is 1.86. The van der Waals surface area contributed by atoms with Gasteiger partial charge in [-0.2, -0.15) is 9.97 Å². The summed E-state index contributed by atoms with van der Waals surface area (Å²) in [6.07, 6.45) is 6.56. The molecule has 0 saturated heterocycles. The smallest absolute Gasteiger partial charge is 0.224 e. The van der Waals surface area contributed by atoms with Crippen LogP contribution in [0.1, 0.15) is 32.6 Å². The Labute approximate surface area is 100 Å². The van der Waals surface area contributed by atoms with Gasteiger partial charge in [-0.25, -0.2) is 4.98 Å². The Morgan fingerprint density at radius 2 is 2.00 bits per heavy atom. The van der Waals surface area contributed by atoms with Gasteiger partial charge in [-0.05, 0) is 6.42 Å². The number of rotatable bonds is 5. The van der Waals surface area contributed by atoms with Crippen molar-refractivity contribution in [1.82, 2.24) is 19.5 Å². The normalized spacial score (nSPS) is 11.1. The predicted molar refractivity (Wildman–Crippen MR) is 68.3 cm³/mol. The molecule has 0 saturated carbocycles. The minimum Gasteiger partial charge on any atom is -0.382 e. The highest BCUT2D eigenvalue weighted by Gasteiger charge is 2.09. The number of anilines is 2. The summed E-state index contributed by atoms with van der Waals surface area (Å²) in [6, 6.07) is 0. The van der Waals surface area contributed by atoms with Crippen LogP contribution in [-0.2, 0) is 6.54 Å². The molecule has 2 rings (SSSR count). The van der Waals surface area contributed by atoms with Gasteiger partial charge in [0.2, 0.25) is 5.95 Å². The zero-order valence-corrected chi connectivity index (χ0v) is 10.1. The Bertz CT molecular complexity index is 504. The molecule has 0 aliphatic rings. The summed E-state index contributed by atoms with van der Waals surface area (Å²) in [5, 5.41) is 0. The lowest BCUT2D eigenvalue weighted by Gasteiger charge is -2.03. The molecule has 2 aromatic heterocycles. The van der Waals surface area contributed by atoms with Crippen molar-refractivity contribution in [1.29, 1.82) is 0 Å². The summed E-state index contributed by atoms with van der Waals surface area (Å²) in [6.45, 7) is 3.09. The number of hydrogen-bond acceptors (Lipinski definition) is 5. The summed E-state index contributed by atoms with van der Waals surface area (Å²) in [5.74, 6) is 0.546. The van der Waals surface area contributed by atoms with Crippen LogP contribution in [0.15, 0.2) is 6.33 Å². The number of nitrogen functional groups attached to an aromatic ring is 2. The van der Waals surface area contributed by atoms with Gasteiger partial charge in [0, 0.05) is 6.54 Å². The van der Waals surface area contributed by atoms with Crippen molar-refractivity contribution in [2.24, 2.45) is 0 Å². The van der Waals surface area contributed by atoms with Crippen LogP contribution in [0, 0.1) is 0 Å². The van der Waals surface area contributed by atoms with Crippen LogP contribution < -0.4 is 11.5 Å². The maximum atomic E-state index is 5.74. The fourth-order valence-electron chi connectivity index (χ4n) is 1.86. The molecule has 0 bridgehead atoms. The van der Waals surface area contributed by atoms with Gasteiger partial charge in [0.15, 0.2) is 11.5 Å². The fraction of sp³-hybridized carbons (Fsp3) is 0.545. The molecular weight excluding hydrogens is 216 g/mol. The third-order valence-corrected chi connectivity index (χ3v) is 2.76. The van der Waals surface area contributed by atoms with Crippen molar-refractivity contribution in [3.05, 3.63) is 6.33 Å². The number of aromatic nitrogens is 4. The molecular formula is C11H18N6. The summed E-state index contributed by atoms with van der Waals surface area (Å²) in [5.41, 5.74) is 12.7. The van der Waals surface area contributed by atoms with Crippen molar-refractivity contribution >= 4 is 22.9 Å². The Morgan fingerprint density at radius 3 is 2.76 bits per heavy atom. The molecule has 0 unspecified atom stereocenters. The molecule has 2 heterocycles.